The van der Waals surface area contributed by atoms with Crippen molar-refractivity contribution in [1.29, 1.82) is 0 Å². The summed E-state index contributed by atoms with van der Waals surface area (Å²) in [5.41, 5.74) is 1.06. The molecule has 0 fully saturated rings. The van der Waals surface area contributed by atoms with Crippen LogP contribution in [0.15, 0.2) is 42.6 Å². The summed E-state index contributed by atoms with van der Waals surface area (Å²) < 4.78 is 31.6. The molecule has 0 saturated heterocycles. The first-order valence-electron chi connectivity index (χ1n) is 3.96. The van der Waals surface area contributed by atoms with Gasteiger partial charge in [-0.05, 0) is 12.1 Å². The van der Waals surface area contributed by atoms with Crippen molar-refractivity contribution >= 4 is 70.2 Å². The average Bonchev–Trinajstić information content (AvgIpc) is 2.16. The SMILES string of the molecule is O=S(=O)(O)O.[BaH2].c1ccc2ncccc2c1. The van der Waals surface area contributed by atoms with Gasteiger partial charge in [0.05, 0.1) is 5.52 Å². The Bertz CT molecular complexity index is 470. The van der Waals surface area contributed by atoms with Gasteiger partial charge in [0.25, 0.3) is 0 Å². The van der Waals surface area contributed by atoms with Crippen LogP contribution in [0.1, 0.15) is 0 Å². The Morgan fingerprint density at radius 2 is 1.50 bits per heavy atom. The average molecular weight is 367 g/mol. The molecule has 0 amide bonds. The zero-order valence-corrected chi connectivity index (χ0v) is 8.42. The van der Waals surface area contributed by atoms with E-state index in [1.54, 1.807) is 0 Å². The van der Waals surface area contributed by atoms with Crippen LogP contribution in [0.3, 0.4) is 0 Å². The fourth-order valence-electron chi connectivity index (χ4n) is 1.02. The van der Waals surface area contributed by atoms with Crippen LogP contribution >= 0.6 is 0 Å². The molecule has 1 aromatic heterocycles. The van der Waals surface area contributed by atoms with Gasteiger partial charge in [0.1, 0.15) is 0 Å². The molecule has 1 aromatic carbocycles. The van der Waals surface area contributed by atoms with Gasteiger partial charge in [-0.25, -0.2) is 0 Å². The summed E-state index contributed by atoms with van der Waals surface area (Å²) in [5.74, 6) is 0. The van der Waals surface area contributed by atoms with Crippen LogP contribution in [0.4, 0.5) is 0 Å². The first-order chi connectivity index (χ1) is 6.97. The third-order valence-electron chi connectivity index (χ3n) is 1.51. The van der Waals surface area contributed by atoms with Crippen molar-refractivity contribution in [3.05, 3.63) is 42.6 Å². The Morgan fingerprint density at radius 3 is 2.06 bits per heavy atom. The molecule has 0 aliphatic heterocycles. The second-order valence-corrected chi connectivity index (χ2v) is 3.54. The number of nitrogens with zero attached hydrogens (tertiary/aromatic N) is 1. The first kappa shape index (κ1) is 16.1. The fraction of sp³-hybridized carbons (Fsp3) is 0. The molecule has 0 bridgehead atoms. The van der Waals surface area contributed by atoms with E-state index in [9.17, 15) is 0 Å². The Labute approximate surface area is 134 Å². The Kier molecular flexibility index (Phi) is 7.44. The van der Waals surface area contributed by atoms with E-state index in [0.29, 0.717) is 0 Å². The molecule has 16 heavy (non-hydrogen) atoms. The number of pyridine rings is 1. The van der Waals surface area contributed by atoms with Gasteiger partial charge in [-0.15, -0.1) is 0 Å². The van der Waals surface area contributed by atoms with E-state index in [1.165, 1.54) is 5.39 Å². The third-order valence-corrected chi connectivity index (χ3v) is 1.51. The number of para-hydroxylation sites is 1. The largest absolute Gasteiger partial charge is 0.256 e. The third kappa shape index (κ3) is 7.36. The smallest absolute Gasteiger partial charge is 0.0701 e. The molecular formula is C9H11BaNO4S. The topological polar surface area (TPSA) is 87.5 Å². The van der Waals surface area contributed by atoms with Crippen molar-refractivity contribution in [2.24, 2.45) is 0 Å². The van der Waals surface area contributed by atoms with Gasteiger partial charge in [-0.1, -0.05) is 24.3 Å². The summed E-state index contributed by atoms with van der Waals surface area (Å²) in [5, 5.41) is 1.20. The number of hydrogen-bond donors (Lipinski definition) is 2. The maximum Gasteiger partial charge on any atom is 0.0701 e. The van der Waals surface area contributed by atoms with Crippen LogP contribution in [-0.2, 0) is 10.4 Å². The van der Waals surface area contributed by atoms with Gasteiger partial charge >= 0.3 is 59.3 Å². The minimum absolute atomic E-state index is 0. The predicted octanol–water partition coefficient (Wildman–Crippen LogP) is 0.666. The summed E-state index contributed by atoms with van der Waals surface area (Å²) in [6.07, 6.45) is 1.81. The van der Waals surface area contributed by atoms with Crippen LogP contribution in [0.2, 0.25) is 0 Å². The second-order valence-electron chi connectivity index (χ2n) is 2.64. The summed E-state index contributed by atoms with van der Waals surface area (Å²) in [6.45, 7) is 0. The molecule has 7 heteroatoms. The molecule has 0 unspecified atom stereocenters. The Morgan fingerprint density at radius 1 is 1.00 bits per heavy atom. The van der Waals surface area contributed by atoms with Crippen LogP contribution in [-0.4, -0.2) is 71.4 Å². The Hall–Kier alpha value is 0.0714. The van der Waals surface area contributed by atoms with Gasteiger partial charge < -0.3 is 0 Å². The maximum absolute atomic E-state index is 8.74. The van der Waals surface area contributed by atoms with Crippen molar-refractivity contribution in [3.8, 4) is 0 Å². The van der Waals surface area contributed by atoms with E-state index in [0.717, 1.165) is 5.52 Å². The number of fused-ring (bicyclic) bond motifs is 1. The number of hydrogen-bond acceptors (Lipinski definition) is 3. The Balaban J connectivity index is 0.000000330. The van der Waals surface area contributed by atoms with Crippen LogP contribution in [0.5, 0.6) is 0 Å². The summed E-state index contributed by atoms with van der Waals surface area (Å²) >= 11 is 0. The molecular weight excluding hydrogens is 355 g/mol. The van der Waals surface area contributed by atoms with Gasteiger partial charge in [-0.3, -0.25) is 14.1 Å². The van der Waals surface area contributed by atoms with Gasteiger partial charge in [0.15, 0.2) is 0 Å². The van der Waals surface area contributed by atoms with Crippen molar-refractivity contribution in [2.45, 2.75) is 0 Å². The second kappa shape index (κ2) is 7.41. The predicted molar refractivity (Wildman–Crippen MR) is 64.5 cm³/mol. The van der Waals surface area contributed by atoms with Crippen molar-refractivity contribution < 1.29 is 17.5 Å². The quantitative estimate of drug-likeness (QED) is 0.528. The molecule has 0 aliphatic rings. The monoisotopic (exact) mass is 367 g/mol. The zero-order valence-electron chi connectivity index (χ0n) is 7.61. The molecule has 2 N–H and O–H groups in total. The molecule has 0 spiro atoms. The number of aromatic nitrogens is 1. The summed E-state index contributed by atoms with van der Waals surface area (Å²) in [4.78, 5) is 4.18. The first-order valence-corrected chi connectivity index (χ1v) is 5.36. The standard InChI is InChI=1S/C9H7N.Ba.H2O4S.2H/c1-2-6-9-8(4-1)5-3-7-10-9;;1-5(2,3)4;;/h1-7H;;(H2,1,2,3,4);;. The molecule has 2 aromatic rings. The van der Waals surface area contributed by atoms with E-state index in [2.05, 4.69) is 17.1 Å². The van der Waals surface area contributed by atoms with Crippen molar-refractivity contribution in [3.63, 3.8) is 0 Å². The summed E-state index contributed by atoms with van der Waals surface area (Å²) in [6, 6.07) is 12.1. The molecule has 0 saturated carbocycles. The van der Waals surface area contributed by atoms with Crippen molar-refractivity contribution in [1.82, 2.24) is 4.98 Å². The maximum atomic E-state index is 8.74. The fourth-order valence-corrected chi connectivity index (χ4v) is 1.02. The summed E-state index contributed by atoms with van der Waals surface area (Å²) in [7, 11) is -4.67. The minimum atomic E-state index is -4.67. The van der Waals surface area contributed by atoms with E-state index in [-0.39, 0.29) is 48.9 Å². The molecule has 84 valence electrons. The zero-order chi connectivity index (χ0) is 11.3. The molecule has 2 rings (SSSR count). The van der Waals surface area contributed by atoms with Gasteiger partial charge in [0.2, 0.25) is 0 Å². The van der Waals surface area contributed by atoms with Gasteiger partial charge in [-0.2, -0.15) is 8.42 Å². The molecule has 1 heterocycles. The molecule has 0 atom stereocenters. The van der Waals surface area contributed by atoms with E-state index < -0.39 is 10.4 Å². The normalized spacial score (nSPS) is 9.88. The van der Waals surface area contributed by atoms with E-state index in [1.807, 2.05) is 30.5 Å². The van der Waals surface area contributed by atoms with E-state index >= 15 is 0 Å². The minimum Gasteiger partial charge on any atom is -0.256 e. The van der Waals surface area contributed by atoms with Crippen LogP contribution in [0.25, 0.3) is 10.9 Å². The number of benzene rings is 1. The molecule has 0 aliphatic carbocycles. The van der Waals surface area contributed by atoms with Crippen LogP contribution < -0.4 is 0 Å². The van der Waals surface area contributed by atoms with Gasteiger partial charge in [0, 0.05) is 11.6 Å². The molecule has 0 radical (unpaired) electrons. The van der Waals surface area contributed by atoms with Crippen molar-refractivity contribution in [2.75, 3.05) is 0 Å². The number of rotatable bonds is 0. The molecule has 5 nitrogen and oxygen atoms in total. The van der Waals surface area contributed by atoms with Crippen LogP contribution in [0, 0.1) is 0 Å². The van der Waals surface area contributed by atoms with E-state index in [4.69, 9.17) is 17.5 Å².